The molecular weight excluding hydrogens is 483 g/mol. The van der Waals surface area contributed by atoms with Crippen LogP contribution in [0.15, 0.2) is 53.3 Å². The van der Waals surface area contributed by atoms with Crippen LogP contribution in [0.2, 0.25) is 0 Å². The van der Waals surface area contributed by atoms with E-state index in [-0.39, 0.29) is 5.78 Å². The highest BCUT2D eigenvalue weighted by atomic mass is 19.4. The number of hydrogen-bond donors (Lipinski definition) is 0. The molecule has 0 radical (unpaired) electrons. The normalized spacial score (nSPS) is 10.2. The second kappa shape index (κ2) is 14.7. The summed E-state index contributed by atoms with van der Waals surface area (Å²) < 4.78 is 42.9. The van der Waals surface area contributed by atoms with Crippen molar-refractivity contribution in [3.05, 3.63) is 71.3 Å². The minimum atomic E-state index is -4.28. The maximum absolute atomic E-state index is 11.9. The van der Waals surface area contributed by atoms with Gasteiger partial charge in [0.05, 0.1) is 23.0 Å². The van der Waals surface area contributed by atoms with Gasteiger partial charge in [-0.1, -0.05) is 49.7 Å². The quantitative estimate of drug-likeness (QED) is 0.290. The van der Waals surface area contributed by atoms with E-state index in [0.29, 0.717) is 17.4 Å². The number of aryl methyl sites for hydroxylation is 3. The summed E-state index contributed by atoms with van der Waals surface area (Å²) in [6.07, 6.45) is -0.809. The van der Waals surface area contributed by atoms with Crippen molar-refractivity contribution in [3.8, 4) is 22.8 Å². The third-order valence-electron chi connectivity index (χ3n) is 4.57. The summed E-state index contributed by atoms with van der Waals surface area (Å²) in [5, 5.41) is 8.31. The van der Waals surface area contributed by atoms with Gasteiger partial charge in [-0.3, -0.25) is 9.67 Å². The van der Waals surface area contributed by atoms with Crippen LogP contribution < -0.4 is 0 Å². The number of rotatable bonds is 3. The van der Waals surface area contributed by atoms with Crippen LogP contribution in [0.5, 0.6) is 0 Å². The summed E-state index contributed by atoms with van der Waals surface area (Å²) in [6, 6.07) is 10.4. The van der Waals surface area contributed by atoms with Crippen molar-refractivity contribution < 1.29 is 22.5 Å². The third-order valence-corrected chi connectivity index (χ3v) is 4.57. The Hall–Kier alpha value is -3.82. The number of hydrogen-bond acceptors (Lipinski definition) is 6. The highest BCUT2D eigenvalue weighted by Gasteiger charge is 2.30. The average Bonchev–Trinajstić information content (AvgIpc) is 3.47. The van der Waals surface area contributed by atoms with Crippen molar-refractivity contribution in [2.24, 2.45) is 7.05 Å². The monoisotopic (exact) mass is 517 g/mol. The predicted molar refractivity (Wildman–Crippen MR) is 138 cm³/mol. The van der Waals surface area contributed by atoms with Gasteiger partial charge in [-0.2, -0.15) is 23.3 Å². The summed E-state index contributed by atoms with van der Waals surface area (Å²) in [5.74, 6) is 1.29. The van der Waals surface area contributed by atoms with Gasteiger partial charge in [-0.15, -0.1) is 0 Å². The van der Waals surface area contributed by atoms with E-state index in [1.165, 1.54) is 25.5 Å². The van der Waals surface area contributed by atoms with Crippen molar-refractivity contribution in [2.45, 2.75) is 61.1 Å². The summed E-state index contributed by atoms with van der Waals surface area (Å²) in [4.78, 5) is 17.5. The molecule has 4 rings (SSSR count). The molecule has 0 fully saturated rings. The first kappa shape index (κ1) is 31.2. The molecule has 3 heterocycles. The van der Waals surface area contributed by atoms with Crippen LogP contribution in [0.25, 0.3) is 22.8 Å². The molecule has 3 aromatic heterocycles. The van der Waals surface area contributed by atoms with E-state index in [1.807, 2.05) is 56.8 Å². The molecule has 10 heteroatoms. The third kappa shape index (κ3) is 9.98. The topological polar surface area (TPSA) is 86.7 Å². The zero-order valence-corrected chi connectivity index (χ0v) is 22.5. The van der Waals surface area contributed by atoms with Crippen LogP contribution in [0.4, 0.5) is 13.2 Å². The van der Waals surface area contributed by atoms with Gasteiger partial charge in [-0.05, 0) is 52.3 Å². The standard InChI is InChI=1S/C15H16N4O.C7H6F3N.C3H6O.C2H6/c1-4-13-12(9-16-19(13)3)15-17-14(18-20-15)11-7-5-6-10(2)8-11;1-5-2-3-6(4-11-5)7(8,9)10;1-3(2)4;1-2/h5-9H,4H2,1-3H3;2-4H,1H3;1-2H3;1-2H3. The Balaban J connectivity index is 0.000000340. The molecule has 0 atom stereocenters. The molecule has 0 saturated heterocycles. The number of Topliss-reactive ketones (excluding diaryl/α,β-unsaturated/α-hetero) is 1. The van der Waals surface area contributed by atoms with Crippen LogP contribution >= 0.6 is 0 Å². The molecule has 0 aliphatic rings. The Labute approximate surface area is 215 Å². The summed E-state index contributed by atoms with van der Waals surface area (Å²) in [7, 11) is 1.92. The number of alkyl halides is 3. The van der Waals surface area contributed by atoms with E-state index in [9.17, 15) is 18.0 Å². The fourth-order valence-corrected chi connectivity index (χ4v) is 2.93. The number of carbonyl (C=O) groups is 1. The predicted octanol–water partition coefficient (Wildman–Crippen LogP) is 7.04. The molecule has 1 aromatic carbocycles. The van der Waals surface area contributed by atoms with Gasteiger partial charge < -0.3 is 9.32 Å². The van der Waals surface area contributed by atoms with Gasteiger partial charge in [0.25, 0.3) is 5.89 Å². The molecule has 4 aromatic rings. The van der Waals surface area contributed by atoms with Gasteiger partial charge >= 0.3 is 6.18 Å². The van der Waals surface area contributed by atoms with Crippen LogP contribution in [-0.4, -0.2) is 30.7 Å². The van der Waals surface area contributed by atoms with Crippen LogP contribution in [-0.2, 0) is 24.4 Å². The smallest absolute Gasteiger partial charge is 0.333 e. The Morgan fingerprint density at radius 2 is 1.70 bits per heavy atom. The molecule has 0 N–H and O–H groups in total. The molecule has 0 aliphatic heterocycles. The fraction of sp³-hybridized carbons (Fsp3) is 0.370. The lowest BCUT2D eigenvalue weighted by atomic mass is 10.1. The molecular formula is C27H34F3N5O2. The number of pyridine rings is 1. The van der Waals surface area contributed by atoms with Gasteiger partial charge in [-0.25, -0.2) is 0 Å². The number of nitrogens with zero attached hydrogens (tertiary/aromatic N) is 5. The van der Waals surface area contributed by atoms with E-state index in [1.54, 1.807) is 13.1 Å². The van der Waals surface area contributed by atoms with E-state index in [2.05, 4.69) is 27.1 Å². The first-order valence-electron chi connectivity index (χ1n) is 11.8. The van der Waals surface area contributed by atoms with E-state index in [0.717, 1.165) is 35.5 Å². The Morgan fingerprint density at radius 3 is 2.22 bits per heavy atom. The summed E-state index contributed by atoms with van der Waals surface area (Å²) in [5.41, 5.74) is 4.00. The van der Waals surface area contributed by atoms with Crippen LogP contribution in [0.3, 0.4) is 0 Å². The second-order valence-corrected chi connectivity index (χ2v) is 7.87. The SMILES string of the molecule is CC.CC(C)=O.CCc1c(-c2nc(-c3cccc(C)c3)no2)cnn1C.Cc1ccc(C(F)(F)F)cn1. The maximum atomic E-state index is 11.9. The van der Waals surface area contributed by atoms with Gasteiger partial charge in [0.2, 0.25) is 5.82 Å². The summed E-state index contributed by atoms with van der Waals surface area (Å²) in [6.45, 7) is 12.8. The van der Waals surface area contributed by atoms with Crippen molar-refractivity contribution in [3.63, 3.8) is 0 Å². The first-order chi connectivity index (χ1) is 17.4. The lowest BCUT2D eigenvalue weighted by Gasteiger charge is -2.04. The zero-order valence-electron chi connectivity index (χ0n) is 22.5. The van der Waals surface area contributed by atoms with Crippen LogP contribution in [0.1, 0.15) is 57.1 Å². The van der Waals surface area contributed by atoms with Gasteiger partial charge in [0.15, 0.2) is 0 Å². The molecule has 0 saturated carbocycles. The maximum Gasteiger partial charge on any atom is 0.417 e. The van der Waals surface area contributed by atoms with Crippen molar-refractivity contribution in [2.75, 3.05) is 0 Å². The molecule has 200 valence electrons. The van der Waals surface area contributed by atoms with Gasteiger partial charge in [0, 0.05) is 24.5 Å². The molecule has 0 bridgehead atoms. The van der Waals surface area contributed by atoms with E-state index in [4.69, 9.17) is 4.52 Å². The summed E-state index contributed by atoms with van der Waals surface area (Å²) >= 11 is 0. The lowest BCUT2D eigenvalue weighted by Crippen LogP contribution is -2.05. The lowest BCUT2D eigenvalue weighted by molar-refractivity contribution is -0.137. The Morgan fingerprint density at radius 1 is 1.05 bits per heavy atom. The van der Waals surface area contributed by atoms with Gasteiger partial charge in [0.1, 0.15) is 5.78 Å². The van der Waals surface area contributed by atoms with Crippen molar-refractivity contribution in [1.29, 1.82) is 0 Å². The molecule has 0 unspecified atom stereocenters. The second-order valence-electron chi connectivity index (χ2n) is 7.87. The van der Waals surface area contributed by atoms with Crippen molar-refractivity contribution >= 4 is 5.78 Å². The molecule has 0 amide bonds. The minimum Gasteiger partial charge on any atom is -0.333 e. The highest BCUT2D eigenvalue weighted by Crippen LogP contribution is 2.28. The number of benzene rings is 1. The number of aromatic nitrogens is 5. The minimum absolute atomic E-state index is 0.167. The largest absolute Gasteiger partial charge is 0.417 e. The first-order valence-corrected chi connectivity index (χ1v) is 11.8. The molecule has 0 aliphatic carbocycles. The molecule has 7 nitrogen and oxygen atoms in total. The highest BCUT2D eigenvalue weighted by molar-refractivity contribution is 5.72. The number of ketones is 1. The van der Waals surface area contributed by atoms with Crippen LogP contribution in [0, 0.1) is 13.8 Å². The number of halogens is 3. The molecule has 0 spiro atoms. The number of carbonyl (C=O) groups excluding carboxylic acids is 1. The van der Waals surface area contributed by atoms with E-state index < -0.39 is 11.7 Å². The Kier molecular flexibility index (Phi) is 12.4. The van der Waals surface area contributed by atoms with Crippen molar-refractivity contribution in [1.82, 2.24) is 24.9 Å². The average molecular weight is 518 g/mol. The Bertz CT molecular complexity index is 1240. The fourth-order valence-electron chi connectivity index (χ4n) is 2.93. The van der Waals surface area contributed by atoms with E-state index >= 15 is 0 Å². The zero-order chi connectivity index (χ0) is 28.2. The molecule has 37 heavy (non-hydrogen) atoms.